The van der Waals surface area contributed by atoms with Crippen LogP contribution in [0.15, 0.2) is 36.8 Å². The van der Waals surface area contributed by atoms with E-state index in [1.165, 1.54) is 29.9 Å². The largest absolute Gasteiger partial charge is 0.462 e. The Kier molecular flexibility index (Phi) is 4.24. The summed E-state index contributed by atoms with van der Waals surface area (Å²) in [5.74, 6) is -0.768. The molecule has 0 radical (unpaired) electrons. The molecule has 116 valence electrons. The summed E-state index contributed by atoms with van der Waals surface area (Å²) in [6.45, 7) is 2.07. The van der Waals surface area contributed by atoms with Crippen molar-refractivity contribution in [2.24, 2.45) is 0 Å². The minimum absolute atomic E-state index is 0.207. The first kappa shape index (κ1) is 15.0. The molecule has 0 aliphatic carbocycles. The molecule has 23 heavy (non-hydrogen) atoms. The number of fused-ring (bicyclic) bond motifs is 1. The average Bonchev–Trinajstić information content (AvgIpc) is 2.97. The van der Waals surface area contributed by atoms with Gasteiger partial charge in [-0.15, -0.1) is 0 Å². The van der Waals surface area contributed by atoms with Crippen LogP contribution in [-0.2, 0) is 4.74 Å². The van der Waals surface area contributed by atoms with E-state index in [2.05, 4.69) is 20.3 Å². The van der Waals surface area contributed by atoms with Crippen LogP contribution in [0.1, 0.15) is 27.8 Å². The fourth-order valence-corrected chi connectivity index (χ4v) is 2.80. The number of thiazole rings is 1. The molecule has 0 spiro atoms. The summed E-state index contributed by atoms with van der Waals surface area (Å²) < 4.78 is 5.75. The number of benzene rings is 1. The van der Waals surface area contributed by atoms with Crippen LogP contribution in [0.3, 0.4) is 0 Å². The highest BCUT2D eigenvalue weighted by Crippen LogP contribution is 2.27. The van der Waals surface area contributed by atoms with Crippen molar-refractivity contribution in [2.75, 3.05) is 11.9 Å². The van der Waals surface area contributed by atoms with Crippen LogP contribution in [0.25, 0.3) is 10.2 Å². The number of aromatic nitrogens is 3. The molecule has 7 nitrogen and oxygen atoms in total. The molecule has 2 heterocycles. The lowest BCUT2D eigenvalue weighted by Gasteiger charge is -2.00. The van der Waals surface area contributed by atoms with Gasteiger partial charge in [0.2, 0.25) is 0 Å². The second kappa shape index (κ2) is 6.49. The molecule has 1 aromatic carbocycles. The predicted molar refractivity (Wildman–Crippen MR) is 85.6 cm³/mol. The lowest BCUT2D eigenvalue weighted by atomic mass is 10.2. The van der Waals surface area contributed by atoms with Gasteiger partial charge in [0.15, 0.2) is 5.13 Å². The van der Waals surface area contributed by atoms with Crippen LogP contribution in [0.4, 0.5) is 5.13 Å². The first-order valence-electron chi connectivity index (χ1n) is 6.82. The van der Waals surface area contributed by atoms with Crippen molar-refractivity contribution in [3.05, 3.63) is 48.0 Å². The van der Waals surface area contributed by atoms with Gasteiger partial charge in [0.25, 0.3) is 5.91 Å². The van der Waals surface area contributed by atoms with Crippen LogP contribution in [0, 0.1) is 0 Å². The topological polar surface area (TPSA) is 94.1 Å². The molecular formula is C15H12N4O3S. The maximum absolute atomic E-state index is 12.0. The highest BCUT2D eigenvalue weighted by Gasteiger charge is 2.13. The van der Waals surface area contributed by atoms with Gasteiger partial charge in [-0.1, -0.05) is 11.3 Å². The first-order valence-corrected chi connectivity index (χ1v) is 7.64. The van der Waals surface area contributed by atoms with E-state index in [4.69, 9.17) is 4.74 Å². The smallest absolute Gasteiger partial charge is 0.338 e. The van der Waals surface area contributed by atoms with E-state index < -0.39 is 0 Å². The summed E-state index contributed by atoms with van der Waals surface area (Å²) >= 11 is 1.27. The van der Waals surface area contributed by atoms with Crippen LogP contribution >= 0.6 is 11.3 Å². The fraction of sp³-hybridized carbons (Fsp3) is 0.133. The van der Waals surface area contributed by atoms with Gasteiger partial charge in [-0.05, 0) is 25.1 Å². The van der Waals surface area contributed by atoms with Gasteiger partial charge < -0.3 is 4.74 Å². The summed E-state index contributed by atoms with van der Waals surface area (Å²) in [4.78, 5) is 35.9. The van der Waals surface area contributed by atoms with Gasteiger partial charge in [-0.3, -0.25) is 15.1 Å². The van der Waals surface area contributed by atoms with E-state index in [-0.39, 0.29) is 17.6 Å². The summed E-state index contributed by atoms with van der Waals surface area (Å²) in [5.41, 5.74) is 1.35. The lowest BCUT2D eigenvalue weighted by molar-refractivity contribution is 0.0526. The summed E-state index contributed by atoms with van der Waals surface area (Å²) in [7, 11) is 0. The number of ether oxygens (including phenoxy) is 1. The molecule has 3 aromatic rings. The van der Waals surface area contributed by atoms with Crippen molar-refractivity contribution in [1.29, 1.82) is 0 Å². The van der Waals surface area contributed by atoms with Crippen molar-refractivity contribution in [2.45, 2.75) is 6.92 Å². The van der Waals surface area contributed by atoms with Crippen LogP contribution in [0.2, 0.25) is 0 Å². The Morgan fingerprint density at radius 3 is 2.91 bits per heavy atom. The number of rotatable bonds is 4. The Hall–Kier alpha value is -2.87. The number of esters is 1. The number of nitrogens with one attached hydrogen (secondary N) is 1. The van der Waals surface area contributed by atoms with Gasteiger partial charge in [0.1, 0.15) is 5.69 Å². The molecule has 2 aromatic heterocycles. The maximum atomic E-state index is 12.0. The molecule has 0 bridgehead atoms. The highest BCUT2D eigenvalue weighted by molar-refractivity contribution is 7.22. The van der Waals surface area contributed by atoms with Crippen LogP contribution in [-0.4, -0.2) is 33.4 Å². The Bertz CT molecular complexity index is 864. The highest BCUT2D eigenvalue weighted by atomic mass is 32.1. The second-order valence-electron chi connectivity index (χ2n) is 4.47. The number of anilines is 1. The summed E-state index contributed by atoms with van der Waals surface area (Å²) in [6.07, 6.45) is 4.31. The fourth-order valence-electron chi connectivity index (χ4n) is 1.90. The molecule has 0 saturated carbocycles. The quantitative estimate of drug-likeness (QED) is 0.740. The Balaban J connectivity index is 1.83. The molecule has 0 atom stereocenters. The third-order valence-corrected chi connectivity index (χ3v) is 3.85. The van der Waals surface area contributed by atoms with E-state index in [0.29, 0.717) is 22.8 Å². The Morgan fingerprint density at radius 1 is 1.30 bits per heavy atom. The van der Waals surface area contributed by atoms with E-state index in [1.54, 1.807) is 25.1 Å². The van der Waals surface area contributed by atoms with Crippen LogP contribution < -0.4 is 5.32 Å². The van der Waals surface area contributed by atoms with Gasteiger partial charge in [-0.25, -0.2) is 14.8 Å². The van der Waals surface area contributed by atoms with Crippen LogP contribution in [0.5, 0.6) is 0 Å². The van der Waals surface area contributed by atoms with Crippen molar-refractivity contribution in [3.8, 4) is 0 Å². The van der Waals surface area contributed by atoms with Crippen molar-refractivity contribution in [1.82, 2.24) is 15.0 Å². The molecular weight excluding hydrogens is 316 g/mol. The number of carbonyl (C=O) groups excluding carboxylic acids is 2. The Labute approximate surface area is 135 Å². The zero-order chi connectivity index (χ0) is 16.2. The monoisotopic (exact) mass is 328 g/mol. The predicted octanol–water partition coefficient (Wildman–Crippen LogP) is 2.52. The summed E-state index contributed by atoms with van der Waals surface area (Å²) in [5, 5.41) is 3.10. The molecule has 0 fully saturated rings. The van der Waals surface area contributed by atoms with E-state index in [9.17, 15) is 9.59 Å². The van der Waals surface area contributed by atoms with E-state index >= 15 is 0 Å². The Morgan fingerprint density at radius 2 is 2.17 bits per heavy atom. The average molecular weight is 328 g/mol. The normalized spacial score (nSPS) is 10.5. The molecule has 0 aliphatic rings. The molecule has 0 unspecified atom stereocenters. The summed E-state index contributed by atoms with van der Waals surface area (Å²) in [6, 6.07) is 5.06. The van der Waals surface area contributed by atoms with Crippen molar-refractivity contribution >= 4 is 38.6 Å². The number of carbonyl (C=O) groups is 2. The molecule has 8 heteroatoms. The molecule has 0 saturated heterocycles. The SMILES string of the molecule is CCOC(=O)c1ccc2nc(NC(=O)c3cnccn3)sc2c1. The number of hydrogen-bond acceptors (Lipinski definition) is 7. The number of hydrogen-bond donors (Lipinski definition) is 1. The number of nitrogens with zero attached hydrogens (tertiary/aromatic N) is 3. The molecule has 1 N–H and O–H groups in total. The van der Waals surface area contributed by atoms with Crippen molar-refractivity contribution < 1.29 is 14.3 Å². The number of amides is 1. The minimum atomic E-state index is -0.386. The lowest BCUT2D eigenvalue weighted by Crippen LogP contribution is -2.13. The second-order valence-corrected chi connectivity index (χ2v) is 5.50. The standard InChI is InChI=1S/C15H12N4O3S/c1-2-22-14(21)9-3-4-10-12(7-9)23-15(18-10)19-13(20)11-8-16-5-6-17-11/h3-8H,2H2,1H3,(H,18,19,20). The van der Waals surface area contributed by atoms with Gasteiger partial charge >= 0.3 is 5.97 Å². The molecule has 1 amide bonds. The van der Waals surface area contributed by atoms with Crippen molar-refractivity contribution in [3.63, 3.8) is 0 Å². The van der Waals surface area contributed by atoms with E-state index in [1.807, 2.05) is 0 Å². The zero-order valence-corrected chi connectivity index (χ0v) is 13.0. The zero-order valence-electron chi connectivity index (χ0n) is 12.1. The van der Waals surface area contributed by atoms with Gasteiger partial charge in [0, 0.05) is 12.4 Å². The minimum Gasteiger partial charge on any atom is -0.462 e. The third kappa shape index (κ3) is 3.32. The molecule has 0 aliphatic heterocycles. The first-order chi connectivity index (χ1) is 11.2. The maximum Gasteiger partial charge on any atom is 0.338 e. The van der Waals surface area contributed by atoms with E-state index in [0.717, 1.165) is 4.70 Å². The molecule has 3 rings (SSSR count). The van der Waals surface area contributed by atoms with Gasteiger partial charge in [0.05, 0.1) is 28.6 Å². The third-order valence-electron chi connectivity index (χ3n) is 2.92. The van der Waals surface area contributed by atoms with Gasteiger partial charge in [-0.2, -0.15) is 0 Å².